The van der Waals surface area contributed by atoms with Crippen LogP contribution in [0.5, 0.6) is 0 Å². The Labute approximate surface area is 232 Å². The fourth-order valence-corrected chi connectivity index (χ4v) is 5.80. The molecule has 39 heavy (non-hydrogen) atoms. The molecule has 0 aromatic heterocycles. The Morgan fingerprint density at radius 3 is 1.97 bits per heavy atom. The van der Waals surface area contributed by atoms with Gasteiger partial charge in [-0.15, -0.1) is 0 Å². The molecule has 7 nitrogen and oxygen atoms in total. The lowest BCUT2D eigenvalue weighted by Gasteiger charge is -2.33. The van der Waals surface area contributed by atoms with Crippen molar-refractivity contribution in [3.8, 4) is 0 Å². The van der Waals surface area contributed by atoms with Crippen molar-refractivity contribution in [1.29, 1.82) is 0 Å². The maximum absolute atomic E-state index is 14.0. The van der Waals surface area contributed by atoms with Crippen molar-refractivity contribution in [3.05, 3.63) is 95.1 Å². The minimum absolute atomic E-state index is 0.0938. The highest BCUT2D eigenvalue weighted by molar-refractivity contribution is 7.92. The number of hydrogen-bond acceptors (Lipinski definition) is 4. The Morgan fingerprint density at radius 1 is 0.846 bits per heavy atom. The number of nitrogens with zero attached hydrogens (tertiary/aromatic N) is 2. The normalized spacial score (nSPS) is 12.2. The second kappa shape index (κ2) is 12.9. The van der Waals surface area contributed by atoms with E-state index in [1.807, 2.05) is 77.9 Å². The van der Waals surface area contributed by atoms with Gasteiger partial charge in [0, 0.05) is 12.6 Å². The van der Waals surface area contributed by atoms with Crippen LogP contribution in [-0.2, 0) is 26.2 Å². The summed E-state index contributed by atoms with van der Waals surface area (Å²) in [5.41, 5.74) is 4.17. The predicted octanol–water partition coefficient (Wildman–Crippen LogP) is 5.14. The van der Waals surface area contributed by atoms with E-state index < -0.39 is 28.5 Å². The topological polar surface area (TPSA) is 86.8 Å². The van der Waals surface area contributed by atoms with Crippen molar-refractivity contribution in [1.82, 2.24) is 10.2 Å². The van der Waals surface area contributed by atoms with Gasteiger partial charge >= 0.3 is 0 Å². The van der Waals surface area contributed by atoms with Crippen molar-refractivity contribution in [2.75, 3.05) is 10.8 Å². The molecule has 0 saturated heterocycles. The molecule has 1 atom stereocenters. The number of benzene rings is 3. The van der Waals surface area contributed by atoms with E-state index in [-0.39, 0.29) is 23.4 Å². The maximum atomic E-state index is 14.0. The zero-order chi connectivity index (χ0) is 28.7. The van der Waals surface area contributed by atoms with Crippen LogP contribution >= 0.6 is 0 Å². The Bertz CT molecular complexity index is 1380. The second-order valence-corrected chi connectivity index (χ2v) is 12.1. The van der Waals surface area contributed by atoms with Crippen LogP contribution in [0, 0.1) is 20.8 Å². The van der Waals surface area contributed by atoms with Gasteiger partial charge in [0.15, 0.2) is 0 Å². The van der Waals surface area contributed by atoms with Crippen LogP contribution in [0.1, 0.15) is 49.4 Å². The summed E-state index contributed by atoms with van der Waals surface area (Å²) < 4.78 is 28.9. The fourth-order valence-electron chi connectivity index (χ4n) is 4.38. The van der Waals surface area contributed by atoms with Crippen LogP contribution in [0.15, 0.2) is 77.7 Å². The highest BCUT2D eigenvalue weighted by Crippen LogP contribution is 2.25. The Morgan fingerprint density at radius 2 is 1.44 bits per heavy atom. The van der Waals surface area contributed by atoms with E-state index in [1.165, 1.54) is 4.90 Å². The quantitative estimate of drug-likeness (QED) is 0.359. The number of nitrogens with one attached hydrogen (secondary N) is 1. The molecular weight excluding hydrogens is 510 g/mol. The molecule has 3 aromatic carbocycles. The molecule has 208 valence electrons. The molecule has 0 aliphatic rings. The molecule has 2 amide bonds. The van der Waals surface area contributed by atoms with Crippen LogP contribution in [0.3, 0.4) is 0 Å². The first-order valence-electron chi connectivity index (χ1n) is 13.2. The zero-order valence-electron chi connectivity index (χ0n) is 23.6. The minimum Gasteiger partial charge on any atom is -0.352 e. The minimum atomic E-state index is -4.08. The van der Waals surface area contributed by atoms with Crippen LogP contribution in [-0.4, -0.2) is 43.8 Å². The number of amides is 2. The molecule has 0 aliphatic carbocycles. The maximum Gasteiger partial charge on any atom is 0.264 e. The third-order valence-electron chi connectivity index (χ3n) is 6.46. The number of aryl methyl sites for hydroxylation is 3. The van der Waals surface area contributed by atoms with Crippen LogP contribution in [0.4, 0.5) is 5.69 Å². The number of carbonyl (C=O) groups excluding carboxylic acids is 2. The van der Waals surface area contributed by atoms with Crippen molar-refractivity contribution < 1.29 is 18.0 Å². The van der Waals surface area contributed by atoms with Crippen LogP contribution < -0.4 is 9.62 Å². The Balaban J connectivity index is 2.06. The largest absolute Gasteiger partial charge is 0.352 e. The average Bonchev–Trinajstić information content (AvgIpc) is 2.87. The first-order chi connectivity index (χ1) is 18.4. The van der Waals surface area contributed by atoms with Gasteiger partial charge < -0.3 is 10.2 Å². The molecule has 3 aromatic rings. The lowest BCUT2D eigenvalue weighted by Crippen LogP contribution is -2.53. The van der Waals surface area contributed by atoms with Gasteiger partial charge in [0.2, 0.25) is 11.8 Å². The predicted molar refractivity (Wildman–Crippen MR) is 156 cm³/mol. The van der Waals surface area contributed by atoms with E-state index in [0.29, 0.717) is 12.1 Å². The monoisotopic (exact) mass is 549 g/mol. The molecule has 0 saturated carbocycles. The van der Waals surface area contributed by atoms with Crippen LogP contribution in [0.2, 0.25) is 0 Å². The van der Waals surface area contributed by atoms with Crippen LogP contribution in [0.25, 0.3) is 0 Å². The van der Waals surface area contributed by atoms with Gasteiger partial charge in [0.05, 0.1) is 10.6 Å². The lowest BCUT2D eigenvalue weighted by atomic mass is 10.1. The summed E-state index contributed by atoms with van der Waals surface area (Å²) in [6, 6.07) is 20.5. The van der Waals surface area contributed by atoms with Crippen molar-refractivity contribution in [3.63, 3.8) is 0 Å². The second-order valence-electron chi connectivity index (χ2n) is 10.3. The molecule has 0 radical (unpaired) electrons. The van der Waals surface area contributed by atoms with E-state index in [9.17, 15) is 18.0 Å². The summed E-state index contributed by atoms with van der Waals surface area (Å²) in [6.45, 7) is 11.1. The molecule has 0 heterocycles. The third kappa shape index (κ3) is 7.69. The average molecular weight is 550 g/mol. The smallest absolute Gasteiger partial charge is 0.264 e. The van der Waals surface area contributed by atoms with E-state index in [2.05, 4.69) is 5.32 Å². The summed E-state index contributed by atoms with van der Waals surface area (Å²) in [7, 11) is -4.08. The summed E-state index contributed by atoms with van der Waals surface area (Å²) in [5.74, 6) is -0.727. The summed E-state index contributed by atoms with van der Waals surface area (Å²) in [4.78, 5) is 28.8. The summed E-state index contributed by atoms with van der Waals surface area (Å²) in [5, 5.41) is 2.91. The number of carbonyl (C=O) groups is 2. The van der Waals surface area contributed by atoms with E-state index >= 15 is 0 Å². The van der Waals surface area contributed by atoms with Crippen molar-refractivity contribution in [2.45, 2.75) is 71.5 Å². The van der Waals surface area contributed by atoms with Gasteiger partial charge in [-0.25, -0.2) is 8.42 Å². The molecule has 0 aliphatic heterocycles. The molecule has 0 unspecified atom stereocenters. The molecule has 1 N–H and O–H groups in total. The SMILES string of the molecule is CC[C@@H](C(=O)NC(C)C)N(Cc1cccc(C)c1)C(=O)CN(c1ccc(C)cc1)S(=O)(=O)c1ccc(C)cc1. The third-order valence-corrected chi connectivity index (χ3v) is 8.25. The van der Waals surface area contributed by atoms with Gasteiger partial charge in [0.25, 0.3) is 10.0 Å². The molecule has 8 heteroatoms. The fraction of sp³-hybridized carbons (Fsp3) is 0.355. The number of sulfonamides is 1. The number of rotatable bonds is 11. The molecular formula is C31H39N3O4S. The van der Waals surface area contributed by atoms with E-state index in [1.54, 1.807) is 36.4 Å². The molecule has 0 bridgehead atoms. The lowest BCUT2D eigenvalue weighted by molar-refractivity contribution is -0.140. The highest BCUT2D eigenvalue weighted by Gasteiger charge is 2.33. The highest BCUT2D eigenvalue weighted by atomic mass is 32.2. The molecule has 0 spiro atoms. The van der Waals surface area contributed by atoms with E-state index in [4.69, 9.17) is 0 Å². The first kappa shape index (κ1) is 29.9. The Hall–Kier alpha value is -3.65. The number of anilines is 1. The molecule has 3 rings (SSSR count). The zero-order valence-corrected chi connectivity index (χ0v) is 24.5. The Kier molecular flexibility index (Phi) is 9.92. The molecule has 0 fully saturated rings. The number of hydrogen-bond donors (Lipinski definition) is 1. The van der Waals surface area contributed by atoms with Gasteiger partial charge in [0.1, 0.15) is 12.6 Å². The van der Waals surface area contributed by atoms with Crippen molar-refractivity contribution in [2.24, 2.45) is 0 Å². The first-order valence-corrected chi connectivity index (χ1v) is 14.7. The standard InChI is InChI=1S/C31H39N3O4S/c1-7-29(31(36)32-22(2)3)33(20-26-10-8-9-25(6)19-26)30(35)21-34(27-15-11-23(4)12-16-27)39(37,38)28-17-13-24(5)14-18-28/h8-19,22,29H,7,20-21H2,1-6H3,(H,32,36)/t29-/m0/s1. The van der Waals surface area contributed by atoms with Gasteiger partial charge in [-0.05, 0) is 70.9 Å². The van der Waals surface area contributed by atoms with E-state index in [0.717, 1.165) is 26.6 Å². The van der Waals surface area contributed by atoms with Gasteiger partial charge in [-0.1, -0.05) is 72.1 Å². The summed E-state index contributed by atoms with van der Waals surface area (Å²) in [6.07, 6.45) is 0.380. The summed E-state index contributed by atoms with van der Waals surface area (Å²) >= 11 is 0. The van der Waals surface area contributed by atoms with Gasteiger partial charge in [-0.2, -0.15) is 0 Å². The van der Waals surface area contributed by atoms with Crippen molar-refractivity contribution >= 4 is 27.5 Å². The van der Waals surface area contributed by atoms with Gasteiger partial charge in [-0.3, -0.25) is 13.9 Å².